The maximum absolute atomic E-state index is 12.9. The lowest BCUT2D eigenvalue weighted by Crippen LogP contribution is -2.16. The van der Waals surface area contributed by atoms with Crippen LogP contribution in [0.25, 0.3) is 10.9 Å². The van der Waals surface area contributed by atoms with Crippen LogP contribution in [0.15, 0.2) is 71.8 Å². The topological polar surface area (TPSA) is 104 Å². The van der Waals surface area contributed by atoms with Gasteiger partial charge in [-0.25, -0.2) is 8.42 Å². The molecule has 0 spiro atoms. The van der Waals surface area contributed by atoms with E-state index in [0.29, 0.717) is 22.3 Å². The Bertz CT molecular complexity index is 1370. The number of anilines is 2. The number of H-pyrrole nitrogens is 1. The fraction of sp³-hybridized carbons (Fsp3) is 0.0476. The maximum atomic E-state index is 12.9. The number of benzene rings is 3. The average molecular weight is 441 g/mol. The Balaban J connectivity index is 1.64. The molecule has 0 bridgehead atoms. The van der Waals surface area contributed by atoms with Crippen molar-refractivity contribution < 1.29 is 13.2 Å². The molecule has 0 aliphatic heterocycles. The van der Waals surface area contributed by atoms with Gasteiger partial charge in [-0.05, 0) is 42.8 Å². The summed E-state index contributed by atoms with van der Waals surface area (Å²) >= 11 is 6.07. The van der Waals surface area contributed by atoms with E-state index in [0.717, 1.165) is 5.39 Å². The van der Waals surface area contributed by atoms with Gasteiger partial charge in [-0.2, -0.15) is 5.10 Å². The normalized spacial score (nSPS) is 11.4. The molecule has 4 aromatic rings. The van der Waals surface area contributed by atoms with Gasteiger partial charge in [-0.15, -0.1) is 0 Å². The third-order valence-electron chi connectivity index (χ3n) is 4.58. The van der Waals surface area contributed by atoms with Crippen LogP contribution < -0.4 is 10.0 Å². The third-order valence-corrected chi connectivity index (χ3v) is 6.41. The zero-order valence-corrected chi connectivity index (χ0v) is 17.4. The van der Waals surface area contributed by atoms with Crippen molar-refractivity contribution in [2.24, 2.45) is 0 Å². The van der Waals surface area contributed by atoms with Gasteiger partial charge in [-0.1, -0.05) is 41.9 Å². The number of fused-ring (bicyclic) bond motifs is 1. The molecule has 9 heteroatoms. The smallest absolute Gasteiger partial charge is 0.262 e. The molecule has 152 valence electrons. The SMILES string of the molecule is Cc1ccc(NC(=O)c2cccc3cn[nH]c23)cc1S(=O)(=O)Nc1ccccc1Cl. The van der Waals surface area contributed by atoms with E-state index in [2.05, 4.69) is 20.2 Å². The minimum atomic E-state index is -3.92. The fourth-order valence-corrected chi connectivity index (χ4v) is 4.66. The van der Waals surface area contributed by atoms with Crippen molar-refractivity contribution in [3.05, 3.63) is 83.0 Å². The summed E-state index contributed by atoms with van der Waals surface area (Å²) in [5.41, 5.74) is 2.17. The van der Waals surface area contributed by atoms with Crippen molar-refractivity contribution >= 4 is 49.8 Å². The number of rotatable bonds is 5. The number of nitrogens with one attached hydrogen (secondary N) is 3. The summed E-state index contributed by atoms with van der Waals surface area (Å²) in [7, 11) is -3.92. The lowest BCUT2D eigenvalue weighted by Gasteiger charge is -2.13. The van der Waals surface area contributed by atoms with E-state index in [9.17, 15) is 13.2 Å². The molecule has 30 heavy (non-hydrogen) atoms. The molecule has 1 heterocycles. The number of aromatic amines is 1. The molecule has 7 nitrogen and oxygen atoms in total. The molecule has 1 amide bonds. The Morgan fingerprint density at radius 2 is 1.87 bits per heavy atom. The van der Waals surface area contributed by atoms with Crippen LogP contribution in [0, 0.1) is 6.92 Å². The number of sulfonamides is 1. The summed E-state index contributed by atoms with van der Waals surface area (Å²) < 4.78 is 28.3. The number of nitrogens with zero attached hydrogens (tertiary/aromatic N) is 1. The minimum absolute atomic E-state index is 0.0416. The largest absolute Gasteiger partial charge is 0.322 e. The lowest BCUT2D eigenvalue weighted by molar-refractivity contribution is 0.102. The van der Waals surface area contributed by atoms with Crippen LogP contribution in [0.3, 0.4) is 0 Å². The molecule has 1 aromatic heterocycles. The number of hydrogen-bond donors (Lipinski definition) is 3. The highest BCUT2D eigenvalue weighted by Crippen LogP contribution is 2.27. The number of carbonyl (C=O) groups is 1. The standard InChI is InChI=1S/C21H17ClN4O3S/c1-13-9-10-15(24-21(27)16-6-4-5-14-12-23-25-20(14)16)11-19(13)30(28,29)26-18-8-3-2-7-17(18)22/h2-12,26H,1H3,(H,23,25)(H,24,27). The van der Waals surface area contributed by atoms with Gasteiger partial charge >= 0.3 is 0 Å². The Morgan fingerprint density at radius 3 is 2.67 bits per heavy atom. The van der Waals surface area contributed by atoms with Gasteiger partial charge in [0.15, 0.2) is 0 Å². The van der Waals surface area contributed by atoms with Crippen LogP contribution in [-0.4, -0.2) is 24.5 Å². The number of amides is 1. The van der Waals surface area contributed by atoms with Crippen LogP contribution in [-0.2, 0) is 10.0 Å². The maximum Gasteiger partial charge on any atom is 0.262 e. The third kappa shape index (κ3) is 3.87. The molecule has 0 saturated carbocycles. The number of carbonyl (C=O) groups excluding carboxylic acids is 1. The van der Waals surface area contributed by atoms with E-state index >= 15 is 0 Å². The quantitative estimate of drug-likeness (QED) is 0.422. The summed E-state index contributed by atoms with van der Waals surface area (Å²) in [4.78, 5) is 12.8. The predicted octanol–water partition coefficient (Wildman–Crippen LogP) is 4.58. The fourth-order valence-electron chi connectivity index (χ4n) is 3.07. The van der Waals surface area contributed by atoms with E-state index in [4.69, 9.17) is 11.6 Å². The molecular formula is C21H17ClN4O3S. The molecule has 3 N–H and O–H groups in total. The van der Waals surface area contributed by atoms with Crippen LogP contribution >= 0.6 is 11.6 Å². The van der Waals surface area contributed by atoms with Crippen molar-refractivity contribution in [2.75, 3.05) is 10.0 Å². The van der Waals surface area contributed by atoms with Gasteiger partial charge in [0.25, 0.3) is 15.9 Å². The molecule has 0 fully saturated rings. The zero-order valence-electron chi connectivity index (χ0n) is 15.8. The number of aromatic nitrogens is 2. The van der Waals surface area contributed by atoms with Gasteiger partial charge in [0.2, 0.25) is 0 Å². The van der Waals surface area contributed by atoms with Crippen molar-refractivity contribution in [1.29, 1.82) is 0 Å². The van der Waals surface area contributed by atoms with Gasteiger partial charge < -0.3 is 5.32 Å². The first-order valence-corrected chi connectivity index (χ1v) is 10.8. The molecule has 0 aliphatic carbocycles. The monoisotopic (exact) mass is 440 g/mol. The Hall–Kier alpha value is -3.36. The minimum Gasteiger partial charge on any atom is -0.322 e. The number of hydrogen-bond acceptors (Lipinski definition) is 4. The van der Waals surface area contributed by atoms with Gasteiger partial charge in [-0.3, -0.25) is 14.6 Å². The number of aryl methyl sites for hydroxylation is 1. The highest BCUT2D eigenvalue weighted by molar-refractivity contribution is 7.92. The lowest BCUT2D eigenvalue weighted by atomic mass is 10.1. The zero-order chi connectivity index (χ0) is 21.3. The molecular weight excluding hydrogens is 424 g/mol. The first kappa shape index (κ1) is 19.9. The second-order valence-corrected chi connectivity index (χ2v) is 8.72. The van der Waals surface area contributed by atoms with Crippen LogP contribution in [0.5, 0.6) is 0 Å². The van der Waals surface area contributed by atoms with Gasteiger partial charge in [0.05, 0.1) is 32.9 Å². The van der Waals surface area contributed by atoms with Crippen LogP contribution in [0.1, 0.15) is 15.9 Å². The highest BCUT2D eigenvalue weighted by Gasteiger charge is 2.20. The summed E-state index contributed by atoms with van der Waals surface area (Å²) in [5, 5.41) is 10.6. The number of halogens is 1. The van der Waals surface area contributed by atoms with Gasteiger partial charge in [0, 0.05) is 11.1 Å². The average Bonchev–Trinajstić information content (AvgIpc) is 3.20. The first-order valence-electron chi connectivity index (χ1n) is 8.96. The van der Waals surface area contributed by atoms with E-state index in [1.165, 1.54) is 6.07 Å². The molecule has 0 radical (unpaired) electrons. The van der Waals surface area contributed by atoms with Crippen LogP contribution in [0.4, 0.5) is 11.4 Å². The molecule has 0 unspecified atom stereocenters. The summed E-state index contributed by atoms with van der Waals surface area (Å²) in [5.74, 6) is -0.379. The Labute approximate surface area is 178 Å². The van der Waals surface area contributed by atoms with E-state index in [-0.39, 0.29) is 21.5 Å². The summed E-state index contributed by atoms with van der Waals surface area (Å²) in [6.45, 7) is 1.68. The van der Waals surface area contributed by atoms with Gasteiger partial charge in [0.1, 0.15) is 0 Å². The van der Waals surface area contributed by atoms with Crippen molar-refractivity contribution in [1.82, 2.24) is 10.2 Å². The Morgan fingerprint density at radius 1 is 1.07 bits per heavy atom. The predicted molar refractivity (Wildman–Crippen MR) is 117 cm³/mol. The summed E-state index contributed by atoms with van der Waals surface area (Å²) in [6, 6.07) is 16.5. The molecule has 0 aliphatic rings. The van der Waals surface area contributed by atoms with E-state index in [1.807, 2.05) is 6.07 Å². The van der Waals surface area contributed by atoms with Crippen molar-refractivity contribution in [3.8, 4) is 0 Å². The molecule has 0 atom stereocenters. The summed E-state index contributed by atoms with van der Waals surface area (Å²) in [6.07, 6.45) is 1.63. The number of para-hydroxylation sites is 2. The van der Waals surface area contributed by atoms with E-state index in [1.54, 1.807) is 61.7 Å². The van der Waals surface area contributed by atoms with Crippen molar-refractivity contribution in [2.45, 2.75) is 11.8 Å². The Kier molecular flexibility index (Phi) is 5.19. The van der Waals surface area contributed by atoms with Crippen molar-refractivity contribution in [3.63, 3.8) is 0 Å². The highest BCUT2D eigenvalue weighted by atomic mass is 35.5. The van der Waals surface area contributed by atoms with Crippen LogP contribution in [0.2, 0.25) is 5.02 Å². The molecule has 4 rings (SSSR count). The second kappa shape index (κ2) is 7.81. The second-order valence-electron chi connectivity index (χ2n) is 6.66. The molecule has 3 aromatic carbocycles. The van der Waals surface area contributed by atoms with E-state index < -0.39 is 10.0 Å². The first-order chi connectivity index (χ1) is 14.3. The molecule has 0 saturated heterocycles.